The van der Waals surface area contributed by atoms with E-state index in [4.69, 9.17) is 4.99 Å². The largest absolute Gasteiger partial charge is 0.433 e. The Morgan fingerprint density at radius 1 is 0.946 bits per heavy atom. The maximum Gasteiger partial charge on any atom is 0.433 e. The van der Waals surface area contributed by atoms with Gasteiger partial charge in [0.05, 0.1) is 5.04 Å². The number of thioether (sulfide) groups is 1. The molecule has 0 saturated heterocycles. The Morgan fingerprint density at radius 3 is 2.49 bits per heavy atom. The van der Waals surface area contributed by atoms with Crippen LogP contribution in [0.4, 0.5) is 13.2 Å². The third-order valence-electron chi connectivity index (χ3n) is 8.57. The van der Waals surface area contributed by atoms with Gasteiger partial charge in [0.25, 0.3) is 0 Å². The van der Waals surface area contributed by atoms with Crippen LogP contribution in [0.2, 0.25) is 0 Å². The molecule has 2 aromatic carbocycles. The molecule has 188 valence electrons. The minimum absolute atomic E-state index is 0.618. The summed E-state index contributed by atoms with van der Waals surface area (Å²) in [6, 6.07) is 11.4. The molecule has 3 aliphatic carbocycles. The van der Waals surface area contributed by atoms with Crippen LogP contribution in [0.5, 0.6) is 0 Å². The first-order valence-electron chi connectivity index (χ1n) is 13.2. The number of aromatic nitrogens is 1. The van der Waals surface area contributed by atoms with E-state index in [1.54, 1.807) is 17.3 Å². The Balaban J connectivity index is 1.42. The summed E-state index contributed by atoms with van der Waals surface area (Å²) in [5.74, 6) is 2.32. The molecule has 0 spiro atoms. The first kappa shape index (κ1) is 23.3. The van der Waals surface area contributed by atoms with E-state index in [9.17, 15) is 13.2 Å². The van der Waals surface area contributed by atoms with Gasteiger partial charge in [0.15, 0.2) is 0 Å². The molecular formula is C31H27F3N2S. The molecule has 4 aliphatic rings. The third kappa shape index (κ3) is 3.87. The number of nitrogens with zero attached hydrogens (tertiary/aromatic N) is 2. The molecule has 1 unspecified atom stereocenters. The summed E-state index contributed by atoms with van der Waals surface area (Å²) < 4.78 is 39.5. The summed E-state index contributed by atoms with van der Waals surface area (Å²) in [5.41, 5.74) is 7.59. The fourth-order valence-electron chi connectivity index (χ4n) is 6.58. The number of hydrogen-bond acceptors (Lipinski definition) is 3. The van der Waals surface area contributed by atoms with E-state index in [-0.39, 0.29) is 0 Å². The van der Waals surface area contributed by atoms with Crippen LogP contribution in [-0.2, 0) is 12.6 Å². The van der Waals surface area contributed by atoms with Crippen LogP contribution >= 0.6 is 11.8 Å². The van der Waals surface area contributed by atoms with Crippen LogP contribution in [0, 0.1) is 11.8 Å². The van der Waals surface area contributed by atoms with Crippen LogP contribution in [0.15, 0.2) is 65.3 Å². The molecule has 1 atom stereocenters. The SMILES string of the molecule is FC(F)(F)c1ccc(-c2ccc3c4c(ccc3c2C2=NCCS2)C2=C(CCC=C2)C(C2CCC2)C4)cn1. The molecule has 3 aromatic rings. The topological polar surface area (TPSA) is 25.2 Å². The van der Waals surface area contributed by atoms with Gasteiger partial charge in [0.1, 0.15) is 5.69 Å². The van der Waals surface area contributed by atoms with E-state index in [0.717, 1.165) is 58.7 Å². The van der Waals surface area contributed by atoms with Crippen molar-refractivity contribution in [3.63, 3.8) is 0 Å². The molecule has 2 heterocycles. The van der Waals surface area contributed by atoms with Gasteiger partial charge in [-0.1, -0.05) is 54.5 Å². The first-order valence-corrected chi connectivity index (χ1v) is 14.2. The highest BCUT2D eigenvalue weighted by Gasteiger charge is 2.36. The molecule has 1 fully saturated rings. The number of halogens is 3. The second kappa shape index (κ2) is 8.87. The van der Waals surface area contributed by atoms with Gasteiger partial charge in [-0.15, -0.1) is 11.8 Å². The van der Waals surface area contributed by atoms with E-state index in [0.29, 0.717) is 11.5 Å². The van der Waals surface area contributed by atoms with Crippen LogP contribution in [0.25, 0.3) is 27.5 Å². The van der Waals surface area contributed by atoms with Gasteiger partial charge in [-0.2, -0.15) is 13.2 Å². The zero-order valence-corrected chi connectivity index (χ0v) is 21.3. The molecule has 2 nitrogen and oxygen atoms in total. The zero-order chi connectivity index (χ0) is 25.1. The monoisotopic (exact) mass is 516 g/mol. The van der Waals surface area contributed by atoms with E-state index in [1.807, 2.05) is 0 Å². The highest BCUT2D eigenvalue weighted by molar-refractivity contribution is 8.14. The minimum Gasteiger partial charge on any atom is -0.277 e. The fraction of sp³-hybridized carbons (Fsp3) is 0.355. The van der Waals surface area contributed by atoms with E-state index >= 15 is 0 Å². The van der Waals surface area contributed by atoms with Crippen molar-refractivity contribution in [1.82, 2.24) is 4.98 Å². The number of aliphatic imine (C=N–C) groups is 1. The summed E-state index contributed by atoms with van der Waals surface area (Å²) >= 11 is 1.73. The lowest BCUT2D eigenvalue weighted by molar-refractivity contribution is -0.141. The van der Waals surface area contributed by atoms with Crippen LogP contribution < -0.4 is 0 Å². The lowest BCUT2D eigenvalue weighted by atomic mass is 9.64. The molecular weight excluding hydrogens is 489 g/mol. The van der Waals surface area contributed by atoms with E-state index in [1.165, 1.54) is 60.0 Å². The molecule has 37 heavy (non-hydrogen) atoms. The lowest BCUT2D eigenvalue weighted by Gasteiger charge is -2.41. The highest BCUT2D eigenvalue weighted by atomic mass is 32.2. The van der Waals surface area contributed by atoms with Gasteiger partial charge >= 0.3 is 6.18 Å². The Hall–Kier alpha value is -2.86. The van der Waals surface area contributed by atoms with E-state index < -0.39 is 11.9 Å². The van der Waals surface area contributed by atoms with Crippen molar-refractivity contribution in [3.05, 3.63) is 82.7 Å². The summed E-state index contributed by atoms with van der Waals surface area (Å²) in [6.45, 7) is 0.761. The predicted molar refractivity (Wildman–Crippen MR) is 146 cm³/mol. The molecule has 1 saturated carbocycles. The summed E-state index contributed by atoms with van der Waals surface area (Å²) in [6.07, 6.45) is 8.93. The Labute approximate surface area is 218 Å². The maximum atomic E-state index is 13.2. The number of alkyl halides is 3. The number of hydrogen-bond donors (Lipinski definition) is 0. The molecule has 0 bridgehead atoms. The van der Waals surface area contributed by atoms with Crippen LogP contribution in [0.1, 0.15) is 54.5 Å². The summed E-state index contributed by atoms with van der Waals surface area (Å²) in [7, 11) is 0. The first-order chi connectivity index (χ1) is 18.0. The number of fused-ring (bicyclic) bond motifs is 4. The van der Waals surface area contributed by atoms with Crippen molar-refractivity contribution in [2.24, 2.45) is 16.8 Å². The second-order valence-electron chi connectivity index (χ2n) is 10.5. The van der Waals surface area contributed by atoms with Crippen molar-refractivity contribution in [2.45, 2.75) is 44.7 Å². The number of pyridine rings is 1. The summed E-state index contributed by atoms with van der Waals surface area (Å²) in [5, 5.41) is 3.37. The smallest absolute Gasteiger partial charge is 0.277 e. The Bertz CT molecular complexity index is 1490. The van der Waals surface area contributed by atoms with Crippen molar-refractivity contribution in [1.29, 1.82) is 0 Å². The van der Waals surface area contributed by atoms with Gasteiger partial charge < -0.3 is 0 Å². The number of benzene rings is 2. The number of allylic oxidation sites excluding steroid dienone is 4. The lowest BCUT2D eigenvalue weighted by Crippen LogP contribution is -2.29. The number of rotatable bonds is 3. The molecule has 1 aromatic heterocycles. The van der Waals surface area contributed by atoms with Gasteiger partial charge in [-0.3, -0.25) is 9.98 Å². The van der Waals surface area contributed by atoms with Crippen LogP contribution in [-0.4, -0.2) is 22.3 Å². The van der Waals surface area contributed by atoms with Crippen molar-refractivity contribution in [3.8, 4) is 11.1 Å². The fourth-order valence-corrected chi connectivity index (χ4v) is 7.51. The van der Waals surface area contributed by atoms with Gasteiger partial charge in [0, 0.05) is 29.6 Å². The standard InChI is InChI=1S/C31H27F3N2S/c32-31(33,34)28-13-8-19(17-36-28)20-9-10-24-25(29(20)30-35-14-15-37-30)12-11-23-21-6-1-2-7-22(21)26(16-27(23)24)18-4-3-5-18/h1,6,8-13,17-18,26H,2-5,7,14-16H2. The van der Waals surface area contributed by atoms with E-state index in [2.05, 4.69) is 41.4 Å². The molecule has 0 amide bonds. The third-order valence-corrected chi connectivity index (χ3v) is 9.56. The molecule has 7 rings (SSSR count). The highest BCUT2D eigenvalue weighted by Crippen LogP contribution is 2.50. The Morgan fingerprint density at radius 2 is 1.78 bits per heavy atom. The second-order valence-corrected chi connectivity index (χ2v) is 11.6. The maximum absolute atomic E-state index is 13.2. The van der Waals surface area contributed by atoms with Crippen molar-refractivity contribution in [2.75, 3.05) is 12.3 Å². The molecule has 0 radical (unpaired) electrons. The summed E-state index contributed by atoms with van der Waals surface area (Å²) in [4.78, 5) is 8.55. The van der Waals surface area contributed by atoms with Crippen LogP contribution in [0.3, 0.4) is 0 Å². The van der Waals surface area contributed by atoms with Crippen molar-refractivity contribution >= 4 is 33.2 Å². The average molecular weight is 517 g/mol. The molecule has 1 aliphatic heterocycles. The molecule has 0 N–H and O–H groups in total. The zero-order valence-electron chi connectivity index (χ0n) is 20.4. The Kier molecular flexibility index (Phi) is 5.58. The minimum atomic E-state index is -4.45. The van der Waals surface area contributed by atoms with Gasteiger partial charge in [-0.25, -0.2) is 0 Å². The van der Waals surface area contributed by atoms with Crippen molar-refractivity contribution < 1.29 is 13.2 Å². The van der Waals surface area contributed by atoms with Gasteiger partial charge in [-0.05, 0) is 83.0 Å². The normalized spacial score (nSPS) is 21.6. The van der Waals surface area contributed by atoms with Gasteiger partial charge in [0.2, 0.25) is 0 Å². The molecule has 6 heteroatoms. The predicted octanol–water partition coefficient (Wildman–Crippen LogP) is 8.49. The quantitative estimate of drug-likeness (QED) is 0.349. The average Bonchev–Trinajstić information content (AvgIpc) is 3.41.